The first-order valence-electron chi connectivity index (χ1n) is 6.09. The van der Waals surface area contributed by atoms with E-state index >= 15 is 0 Å². The minimum atomic E-state index is -4.54. The van der Waals surface area contributed by atoms with Crippen molar-refractivity contribution in [2.75, 3.05) is 18.9 Å². The summed E-state index contributed by atoms with van der Waals surface area (Å²) in [6, 6.07) is 8.03. The van der Waals surface area contributed by atoms with Gasteiger partial charge in [0.15, 0.2) is 0 Å². The highest BCUT2D eigenvalue weighted by Crippen LogP contribution is 2.23. The molecule has 1 N–H and O–H groups in total. The summed E-state index contributed by atoms with van der Waals surface area (Å²) in [7, 11) is 0. The van der Waals surface area contributed by atoms with Crippen molar-refractivity contribution in [2.45, 2.75) is 31.1 Å². The molecule has 0 fully saturated rings. The Morgan fingerprint density at radius 1 is 1.37 bits per heavy atom. The molecule has 0 bridgehead atoms. The van der Waals surface area contributed by atoms with Crippen LogP contribution < -0.4 is 5.32 Å². The van der Waals surface area contributed by atoms with Gasteiger partial charge in [-0.25, -0.2) is 0 Å². The lowest BCUT2D eigenvalue weighted by Gasteiger charge is -2.13. The lowest BCUT2D eigenvalue weighted by Crippen LogP contribution is -2.17. The topological polar surface area (TPSA) is 21.3 Å². The van der Waals surface area contributed by atoms with E-state index in [1.807, 2.05) is 31.2 Å². The van der Waals surface area contributed by atoms with E-state index in [0.717, 1.165) is 17.0 Å². The Bertz CT molecular complexity index is 384. The first-order valence-corrected chi connectivity index (χ1v) is 7.07. The van der Waals surface area contributed by atoms with Gasteiger partial charge >= 0.3 is 6.36 Å². The fourth-order valence-corrected chi connectivity index (χ4v) is 2.41. The van der Waals surface area contributed by atoms with E-state index in [1.165, 1.54) is 11.8 Å². The standard InChI is InChI=1S/C13H18F3NOS/c1-3-17-10(2)11-5-4-6-12(9-11)19-8-7-18-13(14,15)16/h4-6,9-10,17H,3,7-8H2,1-2H3. The van der Waals surface area contributed by atoms with Crippen LogP contribution >= 0.6 is 11.8 Å². The van der Waals surface area contributed by atoms with Crippen molar-refractivity contribution >= 4 is 11.8 Å². The van der Waals surface area contributed by atoms with Crippen LogP contribution in [0.25, 0.3) is 0 Å². The summed E-state index contributed by atoms with van der Waals surface area (Å²) in [5.74, 6) is 0.276. The number of thioether (sulfide) groups is 1. The molecule has 0 aliphatic rings. The van der Waals surface area contributed by atoms with Crippen molar-refractivity contribution in [3.05, 3.63) is 29.8 Å². The maximum absolute atomic E-state index is 11.8. The van der Waals surface area contributed by atoms with Gasteiger partial charge in [0, 0.05) is 16.7 Å². The van der Waals surface area contributed by atoms with E-state index in [0.29, 0.717) is 0 Å². The number of halogens is 3. The van der Waals surface area contributed by atoms with E-state index < -0.39 is 6.36 Å². The zero-order valence-electron chi connectivity index (χ0n) is 11.0. The smallest absolute Gasteiger partial charge is 0.310 e. The molecule has 1 atom stereocenters. The summed E-state index contributed by atoms with van der Waals surface area (Å²) in [4.78, 5) is 0.952. The molecular formula is C13H18F3NOS. The maximum atomic E-state index is 11.8. The van der Waals surface area contributed by atoms with Gasteiger partial charge in [-0.05, 0) is 31.2 Å². The van der Waals surface area contributed by atoms with Crippen molar-refractivity contribution in [1.29, 1.82) is 0 Å². The first kappa shape index (κ1) is 16.3. The van der Waals surface area contributed by atoms with E-state index in [4.69, 9.17) is 0 Å². The highest BCUT2D eigenvalue weighted by atomic mass is 32.2. The van der Waals surface area contributed by atoms with Crippen molar-refractivity contribution in [1.82, 2.24) is 5.32 Å². The van der Waals surface area contributed by atoms with Gasteiger partial charge in [-0.15, -0.1) is 24.9 Å². The number of hydrogen-bond donors (Lipinski definition) is 1. The average molecular weight is 293 g/mol. The lowest BCUT2D eigenvalue weighted by atomic mass is 10.1. The van der Waals surface area contributed by atoms with Crippen LogP contribution in [-0.2, 0) is 4.74 Å². The normalized spacial score (nSPS) is 13.5. The molecule has 6 heteroatoms. The molecule has 0 aromatic heterocycles. The second-order valence-electron chi connectivity index (χ2n) is 3.99. The Morgan fingerprint density at radius 3 is 2.74 bits per heavy atom. The zero-order chi connectivity index (χ0) is 14.3. The highest BCUT2D eigenvalue weighted by molar-refractivity contribution is 7.99. The fraction of sp³-hybridized carbons (Fsp3) is 0.538. The van der Waals surface area contributed by atoms with Gasteiger partial charge in [-0.3, -0.25) is 4.74 Å². The number of rotatable bonds is 7. The lowest BCUT2D eigenvalue weighted by molar-refractivity contribution is -0.322. The Labute approximate surface area is 115 Å². The molecule has 1 unspecified atom stereocenters. The summed E-state index contributed by atoms with van der Waals surface area (Å²) in [5, 5.41) is 3.29. The first-order chi connectivity index (χ1) is 8.92. The van der Waals surface area contributed by atoms with Gasteiger partial charge in [0.05, 0.1) is 6.61 Å². The Balaban J connectivity index is 2.44. The Kier molecular flexibility index (Phi) is 6.68. The molecule has 1 rings (SSSR count). The number of ether oxygens (including phenoxy) is 1. The molecular weight excluding hydrogens is 275 g/mol. The number of benzene rings is 1. The van der Waals surface area contributed by atoms with E-state index in [1.54, 1.807) is 0 Å². The summed E-state index contributed by atoms with van der Waals surface area (Å²) >= 11 is 1.36. The summed E-state index contributed by atoms with van der Waals surface area (Å²) in [6.07, 6.45) is -4.54. The molecule has 1 aromatic rings. The number of hydrogen-bond acceptors (Lipinski definition) is 3. The van der Waals surface area contributed by atoms with E-state index in [2.05, 4.69) is 17.0 Å². The highest BCUT2D eigenvalue weighted by Gasteiger charge is 2.28. The zero-order valence-corrected chi connectivity index (χ0v) is 11.8. The van der Waals surface area contributed by atoms with Crippen molar-refractivity contribution in [2.24, 2.45) is 0 Å². The van der Waals surface area contributed by atoms with Crippen LogP contribution in [0.15, 0.2) is 29.2 Å². The molecule has 0 heterocycles. The minimum absolute atomic E-state index is 0.233. The molecule has 108 valence electrons. The molecule has 19 heavy (non-hydrogen) atoms. The van der Waals surface area contributed by atoms with Crippen LogP contribution in [0.5, 0.6) is 0 Å². The third-order valence-electron chi connectivity index (χ3n) is 2.49. The second kappa shape index (κ2) is 7.77. The minimum Gasteiger partial charge on any atom is -0.310 e. The molecule has 0 saturated heterocycles. The van der Waals surface area contributed by atoms with Crippen LogP contribution in [0.3, 0.4) is 0 Å². The molecule has 0 aliphatic heterocycles. The predicted octanol–water partition coefficient (Wildman–Crippen LogP) is 3.99. The van der Waals surface area contributed by atoms with Crippen LogP contribution in [-0.4, -0.2) is 25.3 Å². The molecule has 0 radical (unpaired) electrons. The van der Waals surface area contributed by atoms with Crippen LogP contribution in [0.4, 0.5) is 13.2 Å². The van der Waals surface area contributed by atoms with Gasteiger partial charge in [0.2, 0.25) is 0 Å². The maximum Gasteiger partial charge on any atom is 0.522 e. The molecule has 0 saturated carbocycles. The summed E-state index contributed by atoms with van der Waals surface area (Å²) < 4.78 is 39.1. The van der Waals surface area contributed by atoms with Gasteiger partial charge in [-0.2, -0.15) is 0 Å². The van der Waals surface area contributed by atoms with Crippen molar-refractivity contribution in [3.8, 4) is 0 Å². The van der Waals surface area contributed by atoms with Crippen molar-refractivity contribution < 1.29 is 17.9 Å². The fourth-order valence-electron chi connectivity index (χ4n) is 1.61. The van der Waals surface area contributed by atoms with Gasteiger partial charge in [-0.1, -0.05) is 19.1 Å². The van der Waals surface area contributed by atoms with Crippen LogP contribution in [0, 0.1) is 0 Å². The molecule has 0 spiro atoms. The van der Waals surface area contributed by atoms with Gasteiger partial charge in [0.25, 0.3) is 0 Å². The summed E-state index contributed by atoms with van der Waals surface area (Å²) in [6.45, 7) is 4.63. The quantitative estimate of drug-likeness (QED) is 0.607. The largest absolute Gasteiger partial charge is 0.522 e. The molecule has 0 amide bonds. The van der Waals surface area contributed by atoms with Gasteiger partial charge < -0.3 is 5.32 Å². The van der Waals surface area contributed by atoms with Crippen molar-refractivity contribution in [3.63, 3.8) is 0 Å². The summed E-state index contributed by atoms with van der Waals surface area (Å²) in [5.41, 5.74) is 1.13. The van der Waals surface area contributed by atoms with Crippen LogP contribution in [0.1, 0.15) is 25.5 Å². The molecule has 2 nitrogen and oxygen atoms in total. The average Bonchev–Trinajstić information content (AvgIpc) is 2.34. The monoisotopic (exact) mass is 293 g/mol. The molecule has 0 aliphatic carbocycles. The third kappa shape index (κ3) is 6.84. The molecule has 1 aromatic carbocycles. The Morgan fingerprint density at radius 2 is 2.11 bits per heavy atom. The van der Waals surface area contributed by atoms with Gasteiger partial charge in [0.1, 0.15) is 0 Å². The van der Waals surface area contributed by atoms with E-state index in [9.17, 15) is 13.2 Å². The van der Waals surface area contributed by atoms with E-state index in [-0.39, 0.29) is 18.4 Å². The third-order valence-corrected chi connectivity index (χ3v) is 3.44. The predicted molar refractivity (Wildman–Crippen MR) is 71.3 cm³/mol. The van der Waals surface area contributed by atoms with Crippen LogP contribution in [0.2, 0.25) is 0 Å². The number of nitrogens with one attached hydrogen (secondary N) is 1. The Hall–Kier alpha value is -0.720. The second-order valence-corrected chi connectivity index (χ2v) is 5.16. The SMILES string of the molecule is CCNC(C)c1cccc(SCCOC(F)(F)F)c1. The number of alkyl halides is 3.